The van der Waals surface area contributed by atoms with Gasteiger partial charge in [0.25, 0.3) is 0 Å². The summed E-state index contributed by atoms with van der Waals surface area (Å²) in [6, 6.07) is 0.313. The van der Waals surface area contributed by atoms with Gasteiger partial charge in [0.1, 0.15) is 0 Å². The molecule has 0 aromatic heterocycles. The highest BCUT2D eigenvalue weighted by molar-refractivity contribution is 5.81. The van der Waals surface area contributed by atoms with Crippen molar-refractivity contribution in [3.63, 3.8) is 0 Å². The number of hydrogen-bond donors (Lipinski definition) is 1. The Morgan fingerprint density at radius 2 is 1.72 bits per heavy atom. The van der Waals surface area contributed by atoms with Crippen molar-refractivity contribution in [2.75, 3.05) is 0 Å². The van der Waals surface area contributed by atoms with E-state index in [2.05, 4.69) is 46.9 Å². The van der Waals surface area contributed by atoms with Crippen LogP contribution in [0.4, 0.5) is 0 Å². The van der Waals surface area contributed by atoms with Crippen molar-refractivity contribution in [2.45, 2.75) is 79.7 Å². The van der Waals surface area contributed by atoms with Gasteiger partial charge in [0, 0.05) is 12.0 Å². The van der Waals surface area contributed by atoms with Gasteiger partial charge in [-0.1, -0.05) is 48.0 Å². The Kier molecular flexibility index (Phi) is 4.85. The molecule has 1 N–H and O–H groups in total. The molecule has 0 aliphatic heterocycles. The van der Waals surface area contributed by atoms with Crippen molar-refractivity contribution in [1.29, 1.82) is 0 Å². The van der Waals surface area contributed by atoms with E-state index in [-0.39, 0.29) is 11.3 Å². The Morgan fingerprint density at radius 1 is 1.17 bits per heavy atom. The predicted molar refractivity (Wildman–Crippen MR) is 77.4 cm³/mol. The minimum atomic E-state index is 0.155. The maximum atomic E-state index is 11.9. The fourth-order valence-electron chi connectivity index (χ4n) is 2.19. The van der Waals surface area contributed by atoms with E-state index >= 15 is 0 Å². The summed E-state index contributed by atoms with van der Waals surface area (Å²) in [5, 5.41) is 3.27. The molecule has 1 aliphatic carbocycles. The molecule has 1 aliphatic rings. The maximum absolute atomic E-state index is 11.9. The third kappa shape index (κ3) is 5.88. The lowest BCUT2D eigenvalue weighted by Gasteiger charge is -2.32. The van der Waals surface area contributed by atoms with Crippen LogP contribution in [-0.2, 0) is 4.79 Å². The van der Waals surface area contributed by atoms with Crippen LogP contribution in [0.3, 0.4) is 0 Å². The molecule has 0 radical (unpaired) electrons. The van der Waals surface area contributed by atoms with Crippen LogP contribution in [0.15, 0.2) is 0 Å². The molecule has 1 rings (SSSR count). The molecule has 106 valence electrons. The SMILES string of the molecule is CC(C)(C)CCCC(NC(=O)C1CC1)C(C)(C)C. The van der Waals surface area contributed by atoms with Gasteiger partial charge < -0.3 is 5.32 Å². The van der Waals surface area contributed by atoms with Crippen molar-refractivity contribution in [1.82, 2.24) is 5.32 Å². The van der Waals surface area contributed by atoms with Crippen LogP contribution in [0.5, 0.6) is 0 Å². The summed E-state index contributed by atoms with van der Waals surface area (Å²) in [7, 11) is 0. The first kappa shape index (κ1) is 15.5. The second-order valence-electron chi connectivity index (χ2n) is 8.15. The molecule has 0 saturated heterocycles. The molecular weight excluding hydrogens is 222 g/mol. The van der Waals surface area contributed by atoms with Gasteiger partial charge in [-0.2, -0.15) is 0 Å². The van der Waals surface area contributed by atoms with Crippen LogP contribution in [0.25, 0.3) is 0 Å². The minimum absolute atomic E-state index is 0.155. The van der Waals surface area contributed by atoms with Gasteiger partial charge >= 0.3 is 0 Å². The van der Waals surface area contributed by atoms with Gasteiger partial charge in [-0.25, -0.2) is 0 Å². The van der Waals surface area contributed by atoms with E-state index in [0.717, 1.165) is 19.3 Å². The first-order valence-electron chi connectivity index (χ1n) is 7.40. The molecule has 2 heteroatoms. The van der Waals surface area contributed by atoms with Gasteiger partial charge in [0.05, 0.1) is 0 Å². The Bertz CT molecular complexity index is 278. The summed E-state index contributed by atoms with van der Waals surface area (Å²) >= 11 is 0. The molecule has 1 atom stereocenters. The summed E-state index contributed by atoms with van der Waals surface area (Å²) in [4.78, 5) is 11.9. The number of amides is 1. The smallest absolute Gasteiger partial charge is 0.223 e. The summed E-state index contributed by atoms with van der Waals surface area (Å²) in [5.74, 6) is 0.600. The van der Waals surface area contributed by atoms with Crippen LogP contribution in [-0.4, -0.2) is 11.9 Å². The fourth-order valence-corrected chi connectivity index (χ4v) is 2.19. The predicted octanol–water partition coefficient (Wildman–Crippen LogP) is 4.14. The van der Waals surface area contributed by atoms with Crippen molar-refractivity contribution in [3.8, 4) is 0 Å². The van der Waals surface area contributed by atoms with Crippen LogP contribution >= 0.6 is 0 Å². The second kappa shape index (κ2) is 5.63. The van der Waals surface area contributed by atoms with Gasteiger partial charge in [0.2, 0.25) is 5.91 Å². The Labute approximate surface area is 113 Å². The topological polar surface area (TPSA) is 29.1 Å². The number of carbonyl (C=O) groups is 1. The standard InChI is InChI=1S/C16H31NO/c1-15(2,3)11-7-8-13(16(4,5)6)17-14(18)12-9-10-12/h12-13H,7-11H2,1-6H3,(H,17,18). The Hall–Kier alpha value is -0.530. The van der Waals surface area contributed by atoms with Crippen LogP contribution in [0.2, 0.25) is 0 Å². The zero-order valence-electron chi connectivity index (χ0n) is 13.1. The minimum Gasteiger partial charge on any atom is -0.353 e. The summed E-state index contributed by atoms with van der Waals surface area (Å²) < 4.78 is 0. The Morgan fingerprint density at radius 3 is 2.11 bits per heavy atom. The lowest BCUT2D eigenvalue weighted by molar-refractivity contribution is -0.123. The molecule has 0 aromatic rings. The number of hydrogen-bond acceptors (Lipinski definition) is 1. The van der Waals surface area contributed by atoms with Crippen LogP contribution in [0, 0.1) is 16.7 Å². The molecule has 1 amide bonds. The van der Waals surface area contributed by atoms with E-state index in [1.807, 2.05) is 0 Å². The largest absolute Gasteiger partial charge is 0.353 e. The van der Waals surface area contributed by atoms with Crippen LogP contribution in [0.1, 0.15) is 73.6 Å². The fraction of sp³-hybridized carbons (Fsp3) is 0.938. The third-order valence-corrected chi connectivity index (χ3v) is 3.73. The van der Waals surface area contributed by atoms with E-state index in [1.54, 1.807) is 0 Å². The first-order chi connectivity index (χ1) is 8.09. The Balaban J connectivity index is 2.43. The highest BCUT2D eigenvalue weighted by Gasteiger charge is 2.33. The lowest BCUT2D eigenvalue weighted by Crippen LogP contribution is -2.44. The molecular formula is C16H31NO. The number of carbonyl (C=O) groups excluding carboxylic acids is 1. The van der Waals surface area contributed by atoms with Gasteiger partial charge in [-0.15, -0.1) is 0 Å². The highest BCUT2D eigenvalue weighted by atomic mass is 16.2. The average Bonchev–Trinajstić information content (AvgIpc) is 2.95. The molecule has 0 spiro atoms. The van der Waals surface area contributed by atoms with Crippen molar-refractivity contribution < 1.29 is 4.79 Å². The first-order valence-corrected chi connectivity index (χ1v) is 7.40. The molecule has 1 unspecified atom stereocenters. The van der Waals surface area contributed by atoms with Crippen molar-refractivity contribution in [2.24, 2.45) is 16.7 Å². The quantitative estimate of drug-likeness (QED) is 0.783. The van der Waals surface area contributed by atoms with E-state index in [1.165, 1.54) is 12.8 Å². The monoisotopic (exact) mass is 253 g/mol. The molecule has 0 aromatic carbocycles. The average molecular weight is 253 g/mol. The number of rotatable bonds is 5. The van der Waals surface area contributed by atoms with Crippen molar-refractivity contribution >= 4 is 5.91 Å². The normalized spacial score (nSPS) is 18.6. The highest BCUT2D eigenvalue weighted by Crippen LogP contribution is 2.31. The summed E-state index contributed by atoms with van der Waals surface area (Å²) in [5.41, 5.74) is 0.547. The van der Waals surface area contributed by atoms with Gasteiger partial charge in [0.15, 0.2) is 0 Å². The van der Waals surface area contributed by atoms with E-state index in [9.17, 15) is 4.79 Å². The van der Waals surface area contributed by atoms with Crippen molar-refractivity contribution in [3.05, 3.63) is 0 Å². The summed E-state index contributed by atoms with van der Waals surface area (Å²) in [6.45, 7) is 13.5. The number of nitrogens with one attached hydrogen (secondary N) is 1. The lowest BCUT2D eigenvalue weighted by atomic mass is 9.81. The molecule has 2 nitrogen and oxygen atoms in total. The zero-order valence-corrected chi connectivity index (χ0v) is 13.1. The molecule has 0 bridgehead atoms. The van der Waals surface area contributed by atoms with Crippen LogP contribution < -0.4 is 5.32 Å². The third-order valence-electron chi connectivity index (χ3n) is 3.73. The molecule has 1 saturated carbocycles. The van der Waals surface area contributed by atoms with E-state index < -0.39 is 0 Å². The molecule has 18 heavy (non-hydrogen) atoms. The van der Waals surface area contributed by atoms with E-state index in [4.69, 9.17) is 0 Å². The van der Waals surface area contributed by atoms with Gasteiger partial charge in [-0.3, -0.25) is 4.79 Å². The maximum Gasteiger partial charge on any atom is 0.223 e. The zero-order chi connectivity index (χ0) is 14.0. The summed E-state index contributed by atoms with van der Waals surface area (Å²) in [6.07, 6.45) is 5.68. The van der Waals surface area contributed by atoms with Gasteiger partial charge in [-0.05, 0) is 36.5 Å². The second-order valence-corrected chi connectivity index (χ2v) is 8.15. The molecule has 0 heterocycles. The molecule has 1 fully saturated rings. The van der Waals surface area contributed by atoms with E-state index in [0.29, 0.717) is 17.4 Å².